The Hall–Kier alpha value is -2.14. The van der Waals surface area contributed by atoms with Gasteiger partial charge in [0.2, 0.25) is 5.91 Å². The third kappa shape index (κ3) is 3.08. The van der Waals surface area contributed by atoms with Crippen molar-refractivity contribution in [2.75, 3.05) is 20.1 Å². The number of aromatic nitrogens is 2. The Morgan fingerprint density at radius 3 is 2.83 bits per heavy atom. The Balaban J connectivity index is 1.35. The highest BCUT2D eigenvalue weighted by Gasteiger charge is 2.38. The number of likely N-dealkylation sites (tertiary alicyclic amines) is 1. The predicted octanol–water partition coefficient (Wildman–Crippen LogP) is 2.32. The summed E-state index contributed by atoms with van der Waals surface area (Å²) in [5.74, 6) is 1.03. The van der Waals surface area contributed by atoms with Gasteiger partial charge >= 0.3 is 0 Å². The van der Waals surface area contributed by atoms with E-state index in [1.165, 1.54) is 19.3 Å². The minimum absolute atomic E-state index is 0.204. The maximum atomic E-state index is 12.5. The van der Waals surface area contributed by atoms with Crippen molar-refractivity contribution in [3.8, 4) is 5.69 Å². The van der Waals surface area contributed by atoms with Crippen molar-refractivity contribution in [2.24, 2.45) is 5.92 Å². The van der Waals surface area contributed by atoms with Gasteiger partial charge in [-0.2, -0.15) is 5.10 Å². The summed E-state index contributed by atoms with van der Waals surface area (Å²) in [7, 11) is 1.89. The molecule has 0 N–H and O–H groups in total. The van der Waals surface area contributed by atoms with E-state index < -0.39 is 0 Å². The van der Waals surface area contributed by atoms with Crippen molar-refractivity contribution in [1.29, 1.82) is 0 Å². The summed E-state index contributed by atoms with van der Waals surface area (Å²) < 4.78 is 1.85. The number of fused-ring (bicyclic) bond motifs is 2. The second kappa shape index (κ2) is 6.40. The van der Waals surface area contributed by atoms with Gasteiger partial charge in [-0.15, -0.1) is 0 Å². The Morgan fingerprint density at radius 1 is 1.29 bits per heavy atom. The van der Waals surface area contributed by atoms with Gasteiger partial charge in [-0.1, -0.05) is 18.2 Å². The monoisotopic (exact) mass is 324 g/mol. The lowest BCUT2D eigenvalue weighted by atomic mass is 10.1. The zero-order valence-electron chi connectivity index (χ0n) is 14.1. The average molecular weight is 324 g/mol. The first-order chi connectivity index (χ1) is 11.7. The molecule has 2 fully saturated rings. The molecule has 1 saturated heterocycles. The molecule has 1 aliphatic carbocycles. The molecule has 1 amide bonds. The summed E-state index contributed by atoms with van der Waals surface area (Å²) in [6.07, 6.45) is 7.75. The van der Waals surface area contributed by atoms with Crippen molar-refractivity contribution in [3.05, 3.63) is 48.3 Å². The first kappa shape index (κ1) is 15.4. The highest BCUT2D eigenvalue weighted by molar-refractivity contribution is 5.78. The van der Waals surface area contributed by atoms with E-state index in [-0.39, 0.29) is 5.91 Å². The maximum absolute atomic E-state index is 12.5. The van der Waals surface area contributed by atoms with Crippen molar-refractivity contribution in [2.45, 2.75) is 31.8 Å². The normalized spacial score (nSPS) is 22.9. The summed E-state index contributed by atoms with van der Waals surface area (Å²) in [6.45, 7) is 2.27. The molecule has 126 valence electrons. The van der Waals surface area contributed by atoms with Crippen LogP contribution in [0.4, 0.5) is 0 Å². The largest absolute Gasteiger partial charge is 0.340 e. The molecule has 0 spiro atoms. The lowest BCUT2D eigenvalue weighted by Gasteiger charge is -2.28. The number of carbonyl (C=O) groups is 1. The van der Waals surface area contributed by atoms with Crippen molar-refractivity contribution in [1.82, 2.24) is 19.6 Å². The Morgan fingerprint density at radius 2 is 2.12 bits per heavy atom. The van der Waals surface area contributed by atoms with Gasteiger partial charge in [0, 0.05) is 37.9 Å². The summed E-state index contributed by atoms with van der Waals surface area (Å²) in [5, 5.41) is 4.40. The number of hydrogen-bond donors (Lipinski definition) is 0. The highest BCUT2D eigenvalue weighted by Crippen LogP contribution is 2.37. The molecule has 1 saturated carbocycles. The predicted molar refractivity (Wildman–Crippen MR) is 92.7 cm³/mol. The molecule has 2 unspecified atom stereocenters. The van der Waals surface area contributed by atoms with Gasteiger partial charge in [0.25, 0.3) is 0 Å². The van der Waals surface area contributed by atoms with Crippen LogP contribution < -0.4 is 0 Å². The molecule has 1 aromatic carbocycles. The van der Waals surface area contributed by atoms with Crippen LogP contribution in [0.3, 0.4) is 0 Å². The Kier molecular flexibility index (Phi) is 4.10. The summed E-state index contributed by atoms with van der Waals surface area (Å²) in [6, 6.07) is 10.7. The lowest BCUT2D eigenvalue weighted by molar-refractivity contribution is -0.132. The van der Waals surface area contributed by atoms with E-state index in [0.29, 0.717) is 19.1 Å². The van der Waals surface area contributed by atoms with Gasteiger partial charge in [-0.25, -0.2) is 4.68 Å². The van der Waals surface area contributed by atoms with Crippen LogP contribution in [0, 0.1) is 5.92 Å². The number of benzene rings is 1. The Bertz CT molecular complexity index is 711. The fraction of sp³-hybridized carbons (Fsp3) is 0.474. The number of hydrogen-bond acceptors (Lipinski definition) is 3. The molecule has 2 atom stereocenters. The van der Waals surface area contributed by atoms with Crippen LogP contribution in [0.2, 0.25) is 0 Å². The van der Waals surface area contributed by atoms with E-state index in [4.69, 9.17) is 0 Å². The molecule has 2 aliphatic rings. The number of para-hydroxylation sites is 1. The van der Waals surface area contributed by atoms with E-state index >= 15 is 0 Å². The first-order valence-electron chi connectivity index (χ1n) is 8.76. The van der Waals surface area contributed by atoms with Crippen LogP contribution in [0.1, 0.15) is 24.8 Å². The number of piperidine rings is 1. The summed E-state index contributed by atoms with van der Waals surface area (Å²) in [4.78, 5) is 16.7. The minimum Gasteiger partial charge on any atom is -0.340 e. The van der Waals surface area contributed by atoms with Crippen LogP contribution in [0.5, 0.6) is 0 Å². The number of carbonyl (C=O) groups excluding carboxylic acids is 1. The maximum Gasteiger partial charge on any atom is 0.236 e. The van der Waals surface area contributed by atoms with Crippen LogP contribution >= 0.6 is 0 Å². The van der Waals surface area contributed by atoms with E-state index in [9.17, 15) is 4.79 Å². The van der Waals surface area contributed by atoms with Gasteiger partial charge in [0.05, 0.1) is 18.4 Å². The number of likely N-dealkylation sites (N-methyl/N-ethyl adjacent to an activating group) is 1. The molecule has 2 aromatic rings. The molecular formula is C19H24N4O. The minimum atomic E-state index is 0.204. The standard InChI is InChI=1S/C19H24N4O/c1-21(19(24)14-22-12-15-7-8-18(22)9-15)11-16-10-20-23(13-16)17-5-3-2-4-6-17/h2-6,10,13,15,18H,7-9,11-12,14H2,1H3. The quantitative estimate of drug-likeness (QED) is 0.847. The van der Waals surface area contributed by atoms with Crippen LogP contribution in [0.15, 0.2) is 42.7 Å². The SMILES string of the molecule is CN(Cc1cnn(-c2ccccc2)c1)C(=O)CN1CC2CCC1C2. The zero-order valence-corrected chi connectivity index (χ0v) is 14.1. The third-order valence-electron chi connectivity index (χ3n) is 5.36. The van der Waals surface area contributed by atoms with Crippen LogP contribution in [0.25, 0.3) is 5.69 Å². The number of rotatable bonds is 5. The average Bonchev–Trinajstić information content (AvgIpc) is 3.32. The second-order valence-electron chi connectivity index (χ2n) is 7.14. The smallest absolute Gasteiger partial charge is 0.236 e. The van der Waals surface area contributed by atoms with Crippen molar-refractivity contribution < 1.29 is 4.79 Å². The van der Waals surface area contributed by atoms with Crippen LogP contribution in [-0.2, 0) is 11.3 Å². The van der Waals surface area contributed by atoms with E-state index in [1.54, 1.807) is 0 Å². The topological polar surface area (TPSA) is 41.4 Å². The van der Waals surface area contributed by atoms with Gasteiger partial charge in [0.15, 0.2) is 0 Å². The lowest BCUT2D eigenvalue weighted by Crippen LogP contribution is -2.41. The molecule has 24 heavy (non-hydrogen) atoms. The highest BCUT2D eigenvalue weighted by atomic mass is 16.2. The number of amides is 1. The number of nitrogens with zero attached hydrogens (tertiary/aromatic N) is 4. The van der Waals surface area contributed by atoms with E-state index in [1.807, 2.05) is 59.4 Å². The fourth-order valence-electron chi connectivity index (χ4n) is 4.04. The molecule has 2 bridgehead atoms. The molecule has 1 aromatic heterocycles. The van der Waals surface area contributed by atoms with Crippen molar-refractivity contribution in [3.63, 3.8) is 0 Å². The molecule has 4 rings (SSSR count). The molecule has 5 nitrogen and oxygen atoms in total. The second-order valence-corrected chi connectivity index (χ2v) is 7.14. The fourth-order valence-corrected chi connectivity index (χ4v) is 4.04. The van der Waals surface area contributed by atoms with E-state index in [2.05, 4.69) is 10.00 Å². The summed E-state index contributed by atoms with van der Waals surface area (Å²) in [5.41, 5.74) is 2.09. The third-order valence-corrected chi connectivity index (χ3v) is 5.36. The first-order valence-corrected chi connectivity index (χ1v) is 8.76. The molecule has 0 radical (unpaired) electrons. The Labute approximate surface area is 142 Å². The van der Waals surface area contributed by atoms with Gasteiger partial charge in [-0.05, 0) is 37.3 Å². The molecule has 5 heteroatoms. The molecule has 1 aliphatic heterocycles. The summed E-state index contributed by atoms with van der Waals surface area (Å²) >= 11 is 0. The van der Waals surface area contributed by atoms with Crippen molar-refractivity contribution >= 4 is 5.91 Å². The molecular weight excluding hydrogens is 300 g/mol. The van der Waals surface area contributed by atoms with Gasteiger partial charge in [-0.3, -0.25) is 9.69 Å². The molecule has 2 heterocycles. The van der Waals surface area contributed by atoms with E-state index in [0.717, 1.165) is 23.7 Å². The van der Waals surface area contributed by atoms with Crippen LogP contribution in [-0.4, -0.2) is 51.7 Å². The van der Waals surface area contributed by atoms with Gasteiger partial charge in [0.1, 0.15) is 0 Å². The van der Waals surface area contributed by atoms with Gasteiger partial charge < -0.3 is 4.90 Å². The zero-order chi connectivity index (χ0) is 16.5.